The highest BCUT2D eigenvalue weighted by atomic mass is 35.5. The summed E-state index contributed by atoms with van der Waals surface area (Å²) in [5.41, 5.74) is 9.29. The number of hydrogen-bond donors (Lipinski definition) is 1. The fourth-order valence-electron chi connectivity index (χ4n) is 1.64. The molecule has 6 heteroatoms. The number of amidine groups is 1. The van der Waals surface area contributed by atoms with Crippen molar-refractivity contribution in [1.82, 2.24) is 4.98 Å². The molecule has 0 amide bonds. The Morgan fingerprint density at radius 2 is 2.15 bits per heavy atom. The maximum Gasteiger partial charge on any atom is 0.119 e. The molecule has 106 valence electrons. The molecule has 0 aliphatic carbocycles. The van der Waals surface area contributed by atoms with E-state index in [1.165, 1.54) is 4.88 Å². The third kappa shape index (κ3) is 4.21. The lowest BCUT2D eigenvalue weighted by Crippen LogP contribution is -2.12. The number of nitrogens with zero attached hydrogens (tertiary/aromatic N) is 2. The van der Waals surface area contributed by atoms with E-state index in [4.69, 9.17) is 22.1 Å². The van der Waals surface area contributed by atoms with Gasteiger partial charge in [-0.3, -0.25) is 0 Å². The molecule has 0 atom stereocenters. The van der Waals surface area contributed by atoms with Crippen LogP contribution in [0.5, 0.6) is 5.75 Å². The van der Waals surface area contributed by atoms with E-state index < -0.39 is 0 Å². The number of ether oxygens (including phenoxy) is 1. The summed E-state index contributed by atoms with van der Waals surface area (Å²) in [4.78, 5) is 9.63. The summed E-state index contributed by atoms with van der Waals surface area (Å²) >= 11 is 7.24. The van der Waals surface area contributed by atoms with E-state index in [2.05, 4.69) is 9.98 Å². The predicted molar refractivity (Wildman–Crippen MR) is 84.5 cm³/mol. The maximum absolute atomic E-state index is 5.69. The van der Waals surface area contributed by atoms with E-state index >= 15 is 0 Å². The Morgan fingerprint density at radius 3 is 2.75 bits per heavy atom. The van der Waals surface area contributed by atoms with Crippen LogP contribution in [-0.2, 0) is 6.42 Å². The van der Waals surface area contributed by atoms with Crippen molar-refractivity contribution in [1.29, 1.82) is 0 Å². The van der Waals surface area contributed by atoms with E-state index in [1.807, 2.05) is 36.7 Å². The van der Waals surface area contributed by atoms with Crippen molar-refractivity contribution < 1.29 is 4.74 Å². The molecule has 2 rings (SSSR count). The van der Waals surface area contributed by atoms with Crippen molar-refractivity contribution in [3.8, 4) is 5.75 Å². The van der Waals surface area contributed by atoms with Crippen LogP contribution >= 0.6 is 22.9 Å². The number of thiazole rings is 1. The summed E-state index contributed by atoms with van der Waals surface area (Å²) in [5, 5.41) is 0. The first kappa shape index (κ1) is 14.8. The Labute approximate surface area is 127 Å². The first-order chi connectivity index (χ1) is 9.69. The van der Waals surface area contributed by atoms with Gasteiger partial charge in [0.15, 0.2) is 0 Å². The van der Waals surface area contributed by atoms with Crippen molar-refractivity contribution in [3.05, 3.63) is 40.3 Å². The highest BCUT2D eigenvalue weighted by molar-refractivity contribution is 7.09. The highest BCUT2D eigenvalue weighted by Gasteiger charge is 2.02. The first-order valence-electron chi connectivity index (χ1n) is 6.20. The van der Waals surface area contributed by atoms with E-state index in [0.29, 0.717) is 12.4 Å². The Morgan fingerprint density at radius 1 is 1.40 bits per heavy atom. The number of rotatable bonds is 6. The molecule has 2 N–H and O–H groups in total. The molecule has 0 aliphatic heterocycles. The third-order valence-electron chi connectivity index (χ3n) is 2.69. The summed E-state index contributed by atoms with van der Waals surface area (Å²) in [6.07, 6.45) is 0.871. The summed E-state index contributed by atoms with van der Waals surface area (Å²) in [6, 6.07) is 7.46. The molecule has 1 heterocycles. The normalized spacial score (nSPS) is 11.6. The Balaban J connectivity index is 1.86. The van der Waals surface area contributed by atoms with Gasteiger partial charge in [0.2, 0.25) is 0 Å². The average Bonchev–Trinajstić information content (AvgIpc) is 2.86. The van der Waals surface area contributed by atoms with Crippen molar-refractivity contribution in [3.63, 3.8) is 0 Å². The number of hydrogen-bond acceptors (Lipinski definition) is 4. The molecule has 20 heavy (non-hydrogen) atoms. The fraction of sp³-hybridized carbons (Fsp3) is 0.286. The van der Waals surface area contributed by atoms with E-state index in [1.54, 1.807) is 11.3 Å². The lowest BCUT2D eigenvalue weighted by molar-refractivity contribution is 0.322. The van der Waals surface area contributed by atoms with Gasteiger partial charge in [-0.1, -0.05) is 0 Å². The second kappa shape index (κ2) is 7.26. The molecular weight excluding hydrogens is 294 g/mol. The molecule has 1 aromatic carbocycles. The van der Waals surface area contributed by atoms with Gasteiger partial charge in [0.05, 0.1) is 29.4 Å². The maximum atomic E-state index is 5.69. The highest BCUT2D eigenvalue weighted by Crippen LogP contribution is 2.19. The smallest absolute Gasteiger partial charge is 0.119 e. The van der Waals surface area contributed by atoms with Gasteiger partial charge in [-0.05, 0) is 31.2 Å². The molecule has 0 spiro atoms. The van der Waals surface area contributed by atoms with Crippen LogP contribution in [-0.4, -0.2) is 23.3 Å². The molecule has 1 aromatic heterocycles. The van der Waals surface area contributed by atoms with Gasteiger partial charge in [0, 0.05) is 11.3 Å². The number of halogens is 1. The van der Waals surface area contributed by atoms with Gasteiger partial charge in [0.25, 0.3) is 0 Å². The number of alkyl halides is 1. The molecule has 0 radical (unpaired) electrons. The van der Waals surface area contributed by atoms with Crippen molar-refractivity contribution in [2.75, 3.05) is 12.5 Å². The van der Waals surface area contributed by atoms with Gasteiger partial charge in [-0.15, -0.1) is 22.9 Å². The van der Waals surface area contributed by atoms with Crippen LogP contribution in [0.15, 0.2) is 34.8 Å². The molecule has 0 unspecified atom stereocenters. The third-order valence-corrected chi connectivity index (χ3v) is 3.96. The van der Waals surface area contributed by atoms with Gasteiger partial charge < -0.3 is 10.5 Å². The predicted octanol–water partition coefficient (Wildman–Crippen LogP) is 3.30. The Hall–Kier alpha value is -1.59. The molecular formula is C14H16ClN3OS. The molecule has 0 saturated heterocycles. The molecule has 4 nitrogen and oxygen atoms in total. The van der Waals surface area contributed by atoms with Gasteiger partial charge in [-0.25, -0.2) is 9.98 Å². The topological polar surface area (TPSA) is 60.5 Å². The summed E-state index contributed by atoms with van der Waals surface area (Å²) < 4.78 is 5.69. The van der Waals surface area contributed by atoms with E-state index in [9.17, 15) is 0 Å². The van der Waals surface area contributed by atoms with Crippen LogP contribution < -0.4 is 10.5 Å². The van der Waals surface area contributed by atoms with Crippen molar-refractivity contribution >= 4 is 34.5 Å². The monoisotopic (exact) mass is 309 g/mol. The number of benzene rings is 1. The number of aryl methyl sites for hydroxylation is 1. The Kier molecular flexibility index (Phi) is 5.38. The molecule has 0 fully saturated rings. The number of aliphatic imine (C=N–C) groups is 1. The summed E-state index contributed by atoms with van der Waals surface area (Å²) in [6.45, 7) is 2.65. The number of aromatic nitrogens is 1. The summed E-state index contributed by atoms with van der Waals surface area (Å²) in [5.74, 6) is 1.45. The zero-order valence-corrected chi connectivity index (χ0v) is 12.7. The van der Waals surface area contributed by atoms with Crippen LogP contribution in [0, 0.1) is 6.92 Å². The van der Waals surface area contributed by atoms with Crippen molar-refractivity contribution in [2.24, 2.45) is 10.7 Å². The largest absolute Gasteiger partial charge is 0.493 e. The molecule has 0 aliphatic rings. The standard InChI is InChI=1S/C14H16ClN3OS/c1-10-13(20-9-17-10)6-7-19-12-4-2-11(3-5-12)18-14(16)8-15/h2-5,9H,6-8H2,1H3,(H2,16,18). The lowest BCUT2D eigenvalue weighted by atomic mass is 10.3. The minimum absolute atomic E-state index is 0.229. The quantitative estimate of drug-likeness (QED) is 0.506. The molecule has 0 bridgehead atoms. The van der Waals surface area contributed by atoms with Gasteiger partial charge >= 0.3 is 0 Å². The summed E-state index contributed by atoms with van der Waals surface area (Å²) in [7, 11) is 0. The van der Waals surface area contributed by atoms with Crippen LogP contribution in [0.1, 0.15) is 10.6 Å². The van der Waals surface area contributed by atoms with Crippen molar-refractivity contribution in [2.45, 2.75) is 13.3 Å². The van der Waals surface area contributed by atoms with Gasteiger partial charge in [-0.2, -0.15) is 0 Å². The van der Waals surface area contributed by atoms with Crippen LogP contribution in [0.4, 0.5) is 5.69 Å². The second-order valence-corrected chi connectivity index (χ2v) is 5.40. The van der Waals surface area contributed by atoms with E-state index in [-0.39, 0.29) is 5.88 Å². The zero-order chi connectivity index (χ0) is 14.4. The van der Waals surface area contributed by atoms with Crippen LogP contribution in [0.2, 0.25) is 0 Å². The number of nitrogens with two attached hydrogens (primary N) is 1. The minimum atomic E-state index is 0.229. The SMILES string of the molecule is Cc1ncsc1CCOc1ccc(N=C(N)CCl)cc1. The van der Waals surface area contributed by atoms with Crippen LogP contribution in [0.3, 0.4) is 0 Å². The Bertz CT molecular complexity index is 580. The molecule has 0 saturated carbocycles. The molecule has 2 aromatic rings. The van der Waals surface area contributed by atoms with Crippen LogP contribution in [0.25, 0.3) is 0 Å². The first-order valence-corrected chi connectivity index (χ1v) is 7.61. The fourth-order valence-corrected chi connectivity index (χ4v) is 2.46. The van der Waals surface area contributed by atoms with Gasteiger partial charge in [0.1, 0.15) is 11.6 Å². The average molecular weight is 310 g/mol. The zero-order valence-electron chi connectivity index (χ0n) is 11.2. The minimum Gasteiger partial charge on any atom is -0.493 e. The second-order valence-electron chi connectivity index (χ2n) is 4.19. The lowest BCUT2D eigenvalue weighted by Gasteiger charge is -2.06. The van der Waals surface area contributed by atoms with E-state index in [0.717, 1.165) is 23.6 Å².